The normalized spacial score (nSPS) is 19.5. The van der Waals surface area contributed by atoms with Crippen LogP contribution in [-0.2, 0) is 11.2 Å². The third-order valence-corrected chi connectivity index (χ3v) is 3.23. The van der Waals surface area contributed by atoms with Gasteiger partial charge in [0.1, 0.15) is 0 Å². The molecule has 17 heavy (non-hydrogen) atoms. The maximum atomic E-state index is 11.7. The van der Waals surface area contributed by atoms with Gasteiger partial charge >= 0.3 is 0 Å². The Hall–Kier alpha value is -1.36. The second-order valence-corrected chi connectivity index (χ2v) is 4.56. The molecule has 1 saturated heterocycles. The molecule has 0 aromatic carbocycles. The van der Waals surface area contributed by atoms with E-state index in [9.17, 15) is 4.79 Å². The fourth-order valence-corrected chi connectivity index (χ4v) is 2.15. The van der Waals surface area contributed by atoms with Crippen molar-refractivity contribution < 1.29 is 4.79 Å². The molecule has 2 heterocycles. The summed E-state index contributed by atoms with van der Waals surface area (Å²) in [5.74, 6) is 0.145. The quantitative estimate of drug-likeness (QED) is 0.653. The average Bonchev–Trinajstić information content (AvgIpc) is 2.96. The van der Waals surface area contributed by atoms with E-state index in [4.69, 9.17) is 0 Å². The Morgan fingerprint density at radius 1 is 1.65 bits per heavy atom. The van der Waals surface area contributed by atoms with E-state index in [1.54, 1.807) is 0 Å². The maximum Gasteiger partial charge on any atom is 0.237 e. The van der Waals surface area contributed by atoms with Crippen LogP contribution in [-0.4, -0.2) is 35.2 Å². The van der Waals surface area contributed by atoms with Gasteiger partial charge in [0.15, 0.2) is 0 Å². The largest absolute Gasteiger partial charge is 0.355 e. The van der Waals surface area contributed by atoms with Gasteiger partial charge in [0.2, 0.25) is 5.91 Å². The Morgan fingerprint density at radius 2 is 2.53 bits per heavy atom. The van der Waals surface area contributed by atoms with Crippen molar-refractivity contribution in [2.75, 3.05) is 13.1 Å². The monoisotopic (exact) mass is 236 g/mol. The number of amides is 1. The lowest BCUT2D eigenvalue weighted by molar-refractivity contribution is -0.122. The van der Waals surface area contributed by atoms with Crippen LogP contribution >= 0.6 is 0 Å². The number of hydrogen-bond acceptors (Lipinski definition) is 3. The van der Waals surface area contributed by atoms with Crippen molar-refractivity contribution >= 4 is 5.91 Å². The molecule has 1 fully saturated rings. The van der Waals surface area contributed by atoms with Crippen LogP contribution in [0.4, 0.5) is 0 Å². The third kappa shape index (κ3) is 3.30. The maximum absolute atomic E-state index is 11.7. The summed E-state index contributed by atoms with van der Waals surface area (Å²) in [6, 6.07) is 0.0330. The SMILES string of the molecule is Cc1[nH]ncc1CCCNC(=O)[C@H]1CCCN1. The molecule has 5 heteroatoms. The van der Waals surface area contributed by atoms with Crippen LogP contribution in [0.1, 0.15) is 30.5 Å². The standard InChI is InChI=1S/C12H20N4O/c1-9-10(8-15-16-9)4-2-7-14-12(17)11-5-3-6-13-11/h8,11,13H,2-7H2,1H3,(H,14,17)(H,15,16)/t11-/m1/s1. The lowest BCUT2D eigenvalue weighted by Crippen LogP contribution is -2.40. The molecule has 0 saturated carbocycles. The van der Waals surface area contributed by atoms with Crippen LogP contribution in [0, 0.1) is 6.92 Å². The molecule has 1 atom stereocenters. The van der Waals surface area contributed by atoms with E-state index in [-0.39, 0.29) is 11.9 Å². The van der Waals surface area contributed by atoms with Crippen molar-refractivity contribution in [2.24, 2.45) is 0 Å². The lowest BCUT2D eigenvalue weighted by atomic mass is 10.1. The highest BCUT2D eigenvalue weighted by Crippen LogP contribution is 2.06. The fourth-order valence-electron chi connectivity index (χ4n) is 2.15. The summed E-state index contributed by atoms with van der Waals surface area (Å²) in [4.78, 5) is 11.7. The summed E-state index contributed by atoms with van der Waals surface area (Å²) < 4.78 is 0. The highest BCUT2D eigenvalue weighted by Gasteiger charge is 2.21. The second-order valence-electron chi connectivity index (χ2n) is 4.56. The molecule has 0 spiro atoms. The summed E-state index contributed by atoms with van der Waals surface area (Å²) in [5.41, 5.74) is 2.35. The van der Waals surface area contributed by atoms with Crippen molar-refractivity contribution in [1.29, 1.82) is 0 Å². The zero-order valence-corrected chi connectivity index (χ0v) is 10.3. The Labute approximate surface area is 101 Å². The van der Waals surface area contributed by atoms with Crippen LogP contribution in [0.2, 0.25) is 0 Å². The van der Waals surface area contributed by atoms with Gasteiger partial charge in [0, 0.05) is 12.2 Å². The summed E-state index contributed by atoms with van der Waals surface area (Å²) in [6.45, 7) is 3.72. The first kappa shape index (κ1) is 12.1. The van der Waals surface area contributed by atoms with Crippen LogP contribution in [0.25, 0.3) is 0 Å². The predicted octanol–water partition coefficient (Wildman–Crippen LogP) is 0.519. The van der Waals surface area contributed by atoms with Gasteiger partial charge in [0.25, 0.3) is 0 Å². The number of hydrogen-bond donors (Lipinski definition) is 3. The number of nitrogens with zero attached hydrogens (tertiary/aromatic N) is 1. The van der Waals surface area contributed by atoms with E-state index in [1.807, 2.05) is 13.1 Å². The van der Waals surface area contributed by atoms with Crippen molar-refractivity contribution in [3.63, 3.8) is 0 Å². The molecule has 3 N–H and O–H groups in total. The van der Waals surface area contributed by atoms with E-state index in [0.29, 0.717) is 0 Å². The van der Waals surface area contributed by atoms with Gasteiger partial charge in [-0.05, 0) is 44.7 Å². The minimum absolute atomic E-state index is 0.0330. The van der Waals surface area contributed by atoms with Gasteiger partial charge in [-0.2, -0.15) is 5.10 Å². The zero-order valence-electron chi connectivity index (χ0n) is 10.3. The molecular weight excluding hydrogens is 216 g/mol. The Balaban J connectivity index is 1.63. The first-order valence-electron chi connectivity index (χ1n) is 6.27. The van der Waals surface area contributed by atoms with E-state index in [1.165, 1.54) is 5.56 Å². The molecule has 2 rings (SSSR count). The number of aryl methyl sites for hydroxylation is 2. The molecule has 94 valence electrons. The smallest absolute Gasteiger partial charge is 0.237 e. The van der Waals surface area contributed by atoms with Gasteiger partial charge in [0.05, 0.1) is 12.2 Å². The van der Waals surface area contributed by atoms with Crippen molar-refractivity contribution in [3.05, 3.63) is 17.5 Å². The summed E-state index contributed by atoms with van der Waals surface area (Å²) in [6.07, 6.45) is 5.84. The number of H-pyrrole nitrogens is 1. The zero-order chi connectivity index (χ0) is 12.1. The van der Waals surface area contributed by atoms with Crippen molar-refractivity contribution in [1.82, 2.24) is 20.8 Å². The molecular formula is C12H20N4O. The Morgan fingerprint density at radius 3 is 3.18 bits per heavy atom. The van der Waals surface area contributed by atoms with E-state index in [0.717, 1.165) is 44.5 Å². The molecule has 5 nitrogen and oxygen atoms in total. The number of aromatic amines is 1. The number of aromatic nitrogens is 2. The van der Waals surface area contributed by atoms with Crippen molar-refractivity contribution in [3.8, 4) is 0 Å². The molecule has 1 amide bonds. The van der Waals surface area contributed by atoms with Crippen LogP contribution in [0.5, 0.6) is 0 Å². The number of nitrogens with one attached hydrogen (secondary N) is 3. The number of rotatable bonds is 5. The van der Waals surface area contributed by atoms with Gasteiger partial charge in [-0.3, -0.25) is 9.89 Å². The fraction of sp³-hybridized carbons (Fsp3) is 0.667. The minimum Gasteiger partial charge on any atom is -0.355 e. The van der Waals surface area contributed by atoms with Gasteiger partial charge in [-0.1, -0.05) is 0 Å². The predicted molar refractivity (Wildman–Crippen MR) is 65.7 cm³/mol. The minimum atomic E-state index is 0.0330. The molecule has 1 aliphatic heterocycles. The molecule has 0 radical (unpaired) electrons. The lowest BCUT2D eigenvalue weighted by Gasteiger charge is -2.10. The van der Waals surface area contributed by atoms with Crippen LogP contribution < -0.4 is 10.6 Å². The molecule has 1 aromatic heterocycles. The highest BCUT2D eigenvalue weighted by atomic mass is 16.2. The first-order chi connectivity index (χ1) is 8.27. The summed E-state index contributed by atoms with van der Waals surface area (Å²) >= 11 is 0. The summed E-state index contributed by atoms with van der Waals surface area (Å²) in [5, 5.41) is 13.1. The van der Waals surface area contributed by atoms with Gasteiger partial charge in [-0.25, -0.2) is 0 Å². The molecule has 0 aliphatic carbocycles. The number of carbonyl (C=O) groups excluding carboxylic acids is 1. The van der Waals surface area contributed by atoms with E-state index in [2.05, 4.69) is 20.8 Å². The third-order valence-electron chi connectivity index (χ3n) is 3.23. The van der Waals surface area contributed by atoms with E-state index >= 15 is 0 Å². The molecule has 0 bridgehead atoms. The molecule has 1 aliphatic rings. The average molecular weight is 236 g/mol. The highest BCUT2D eigenvalue weighted by molar-refractivity contribution is 5.81. The van der Waals surface area contributed by atoms with Crippen LogP contribution in [0.3, 0.4) is 0 Å². The first-order valence-corrected chi connectivity index (χ1v) is 6.27. The Bertz CT molecular complexity index is 368. The topological polar surface area (TPSA) is 69.8 Å². The van der Waals surface area contributed by atoms with Crippen LogP contribution in [0.15, 0.2) is 6.20 Å². The van der Waals surface area contributed by atoms with Crippen molar-refractivity contribution in [2.45, 2.75) is 38.6 Å². The molecule has 1 aromatic rings. The summed E-state index contributed by atoms with van der Waals surface area (Å²) in [7, 11) is 0. The van der Waals surface area contributed by atoms with Gasteiger partial charge < -0.3 is 10.6 Å². The molecule has 0 unspecified atom stereocenters. The van der Waals surface area contributed by atoms with E-state index < -0.39 is 0 Å². The Kier molecular flexibility index (Phi) is 4.14. The number of carbonyl (C=O) groups is 1. The van der Waals surface area contributed by atoms with Gasteiger partial charge in [-0.15, -0.1) is 0 Å². The second kappa shape index (κ2) is 5.82.